The van der Waals surface area contributed by atoms with Crippen LogP contribution in [0.1, 0.15) is 12.5 Å². The van der Waals surface area contributed by atoms with E-state index in [0.29, 0.717) is 5.17 Å². The molecule has 0 amide bonds. The molecule has 19 heavy (non-hydrogen) atoms. The third-order valence-corrected chi connectivity index (χ3v) is 3.21. The first-order chi connectivity index (χ1) is 9.02. The Morgan fingerprint density at radius 1 is 1.21 bits per heavy atom. The Morgan fingerprint density at radius 3 is 2.37 bits per heavy atom. The van der Waals surface area contributed by atoms with Crippen molar-refractivity contribution in [3.8, 4) is 0 Å². The Bertz CT molecular complexity index is 492. The lowest BCUT2D eigenvalue weighted by Gasteiger charge is -2.02. The fourth-order valence-electron chi connectivity index (χ4n) is 1.15. The summed E-state index contributed by atoms with van der Waals surface area (Å²) in [7, 11) is 3.83. The van der Waals surface area contributed by atoms with Gasteiger partial charge in [-0.15, -0.1) is 5.10 Å². The molecule has 0 bridgehead atoms. The van der Waals surface area contributed by atoms with Crippen molar-refractivity contribution >= 4 is 44.9 Å². The van der Waals surface area contributed by atoms with Crippen molar-refractivity contribution in [1.82, 2.24) is 4.90 Å². The second-order valence-electron chi connectivity index (χ2n) is 3.99. The van der Waals surface area contributed by atoms with E-state index >= 15 is 0 Å². The summed E-state index contributed by atoms with van der Waals surface area (Å²) in [5.74, 6) is 0. The number of halogens is 1. The third-order valence-electron chi connectivity index (χ3n) is 2.13. The molecule has 0 saturated heterocycles. The zero-order chi connectivity index (χ0) is 14.3. The molecule has 0 saturated carbocycles. The minimum absolute atomic E-state index is 0.630. The smallest absolute Gasteiger partial charge is 0.210 e. The second-order valence-corrected chi connectivity index (χ2v) is 5.68. The van der Waals surface area contributed by atoms with Crippen LogP contribution in [0, 0.1) is 0 Å². The largest absolute Gasteiger partial charge is 0.369 e. The minimum Gasteiger partial charge on any atom is -0.369 e. The predicted molar refractivity (Wildman–Crippen MR) is 89.5 cm³/mol. The molecule has 0 spiro atoms. The number of hydrogen-bond donors (Lipinski definition) is 0. The number of aliphatic imine (C=N–C) groups is 1. The molecule has 0 aliphatic heterocycles. The molecule has 0 heterocycles. The number of rotatable bonds is 3. The lowest BCUT2D eigenvalue weighted by molar-refractivity contribution is 0.644. The van der Waals surface area contributed by atoms with E-state index in [-0.39, 0.29) is 0 Å². The molecule has 6 heteroatoms. The third kappa shape index (κ3) is 6.02. The van der Waals surface area contributed by atoms with Crippen LogP contribution in [-0.2, 0) is 0 Å². The zero-order valence-electron chi connectivity index (χ0n) is 11.5. The number of nitrogens with zero attached hydrogens (tertiary/aromatic N) is 4. The van der Waals surface area contributed by atoms with Gasteiger partial charge in [-0.3, -0.25) is 0 Å². The van der Waals surface area contributed by atoms with Crippen LogP contribution in [0.3, 0.4) is 0 Å². The molecule has 0 fully saturated rings. The monoisotopic (exact) mass is 340 g/mol. The maximum atomic E-state index is 4.22. The van der Waals surface area contributed by atoms with Gasteiger partial charge >= 0.3 is 0 Å². The molecule has 102 valence electrons. The van der Waals surface area contributed by atoms with Crippen LogP contribution >= 0.6 is 27.7 Å². The topological polar surface area (TPSA) is 40.3 Å². The normalized spacial score (nSPS) is 13.1. The van der Waals surface area contributed by atoms with Crippen LogP contribution in [-0.4, -0.2) is 42.5 Å². The van der Waals surface area contributed by atoms with Gasteiger partial charge in [-0.25, -0.2) is 4.99 Å². The molecular formula is C13H17BrN4S. The summed E-state index contributed by atoms with van der Waals surface area (Å²) >= 11 is 4.87. The quantitative estimate of drug-likeness (QED) is 0.480. The van der Waals surface area contributed by atoms with E-state index in [4.69, 9.17) is 0 Å². The first-order valence-corrected chi connectivity index (χ1v) is 7.67. The van der Waals surface area contributed by atoms with Crippen molar-refractivity contribution in [2.45, 2.75) is 6.92 Å². The predicted octanol–water partition coefficient (Wildman–Crippen LogP) is 3.48. The highest BCUT2D eigenvalue weighted by Gasteiger charge is 1.97. The van der Waals surface area contributed by atoms with E-state index in [1.165, 1.54) is 11.8 Å². The van der Waals surface area contributed by atoms with Crippen LogP contribution in [0.2, 0.25) is 0 Å². The van der Waals surface area contributed by atoms with E-state index in [2.05, 4.69) is 31.1 Å². The molecule has 0 aliphatic rings. The van der Waals surface area contributed by atoms with Gasteiger partial charge in [0, 0.05) is 18.6 Å². The summed E-state index contributed by atoms with van der Waals surface area (Å²) in [5, 5.41) is 8.98. The molecule has 1 aromatic carbocycles. The summed E-state index contributed by atoms with van der Waals surface area (Å²) in [6, 6.07) is 7.97. The Balaban J connectivity index is 2.85. The van der Waals surface area contributed by atoms with Crippen LogP contribution < -0.4 is 0 Å². The second kappa shape index (κ2) is 8.12. The van der Waals surface area contributed by atoms with Crippen LogP contribution in [0.4, 0.5) is 0 Å². The van der Waals surface area contributed by atoms with Crippen molar-refractivity contribution in [3.05, 3.63) is 34.3 Å². The highest BCUT2D eigenvalue weighted by molar-refractivity contribution is 9.10. The standard InChI is InChI=1S/C13H17BrN4S/c1-10(11-5-7-12(14)8-6-11)16-17-13(19-4)15-9-18(2)3/h5-9H,1-4H3. The van der Waals surface area contributed by atoms with Gasteiger partial charge in [0.15, 0.2) is 0 Å². The molecule has 1 rings (SSSR count). The molecule has 0 aliphatic carbocycles. The van der Waals surface area contributed by atoms with Crippen molar-refractivity contribution in [3.63, 3.8) is 0 Å². The fourth-order valence-corrected chi connectivity index (χ4v) is 1.69. The Morgan fingerprint density at radius 2 is 1.84 bits per heavy atom. The van der Waals surface area contributed by atoms with Gasteiger partial charge in [0.25, 0.3) is 0 Å². The molecule has 1 aromatic rings. The van der Waals surface area contributed by atoms with Crippen LogP contribution in [0.15, 0.2) is 43.9 Å². The van der Waals surface area contributed by atoms with Crippen molar-refractivity contribution in [2.24, 2.45) is 15.2 Å². The minimum atomic E-state index is 0.630. The van der Waals surface area contributed by atoms with E-state index in [1.807, 2.05) is 56.4 Å². The van der Waals surface area contributed by atoms with Gasteiger partial charge in [0.05, 0.1) is 12.1 Å². The molecule has 0 radical (unpaired) electrons. The molecule has 0 aromatic heterocycles. The lowest BCUT2D eigenvalue weighted by Crippen LogP contribution is -2.08. The van der Waals surface area contributed by atoms with E-state index in [9.17, 15) is 0 Å². The lowest BCUT2D eigenvalue weighted by atomic mass is 10.1. The van der Waals surface area contributed by atoms with E-state index in [1.54, 1.807) is 6.34 Å². The maximum absolute atomic E-state index is 4.22. The van der Waals surface area contributed by atoms with Gasteiger partial charge < -0.3 is 4.90 Å². The van der Waals surface area contributed by atoms with Crippen LogP contribution in [0.5, 0.6) is 0 Å². The van der Waals surface area contributed by atoms with Crippen molar-refractivity contribution < 1.29 is 0 Å². The van der Waals surface area contributed by atoms with Gasteiger partial charge in [0.1, 0.15) is 0 Å². The fraction of sp³-hybridized carbons (Fsp3) is 0.308. The number of hydrogen-bond acceptors (Lipinski definition) is 3. The summed E-state index contributed by atoms with van der Waals surface area (Å²) in [6.07, 6.45) is 3.64. The molecule has 4 nitrogen and oxygen atoms in total. The number of benzene rings is 1. The van der Waals surface area contributed by atoms with Crippen LogP contribution in [0.25, 0.3) is 0 Å². The first kappa shape index (κ1) is 15.9. The van der Waals surface area contributed by atoms with Gasteiger partial charge in [-0.1, -0.05) is 39.8 Å². The number of amidine groups is 1. The molecule has 0 atom stereocenters. The molecule has 0 N–H and O–H groups in total. The van der Waals surface area contributed by atoms with E-state index < -0.39 is 0 Å². The Kier molecular flexibility index (Phi) is 6.80. The average molecular weight is 341 g/mol. The highest BCUT2D eigenvalue weighted by Crippen LogP contribution is 2.11. The zero-order valence-corrected chi connectivity index (χ0v) is 13.9. The van der Waals surface area contributed by atoms with Gasteiger partial charge in [-0.05, 0) is 30.9 Å². The number of thioether (sulfide) groups is 1. The Labute approximate surface area is 126 Å². The molecular weight excluding hydrogens is 324 g/mol. The van der Waals surface area contributed by atoms with E-state index in [0.717, 1.165) is 15.7 Å². The maximum Gasteiger partial charge on any atom is 0.210 e. The summed E-state index contributed by atoms with van der Waals surface area (Å²) < 4.78 is 1.05. The van der Waals surface area contributed by atoms with Crippen molar-refractivity contribution in [1.29, 1.82) is 0 Å². The summed E-state index contributed by atoms with van der Waals surface area (Å²) in [6.45, 7) is 1.93. The average Bonchev–Trinajstić information content (AvgIpc) is 2.39. The van der Waals surface area contributed by atoms with Gasteiger partial charge in [0.2, 0.25) is 5.17 Å². The summed E-state index contributed by atoms with van der Waals surface area (Å²) in [4.78, 5) is 6.08. The van der Waals surface area contributed by atoms with Gasteiger partial charge in [-0.2, -0.15) is 5.10 Å². The highest BCUT2D eigenvalue weighted by atomic mass is 79.9. The Hall–Kier alpha value is -1.14. The first-order valence-electron chi connectivity index (χ1n) is 5.65. The SMILES string of the molecule is CSC(N=CN(C)C)=NN=C(C)c1ccc(Br)cc1. The van der Waals surface area contributed by atoms with Crippen molar-refractivity contribution in [2.75, 3.05) is 20.4 Å². The molecule has 0 unspecified atom stereocenters. The summed E-state index contributed by atoms with van der Waals surface area (Å²) in [5.41, 5.74) is 1.91.